The number of aryl methyl sites for hydroxylation is 1. The Bertz CT molecular complexity index is 1300. The first kappa shape index (κ1) is 21.4. The second-order valence-electron chi connectivity index (χ2n) is 7.49. The van der Waals surface area contributed by atoms with Crippen LogP contribution in [-0.2, 0) is 18.2 Å². The summed E-state index contributed by atoms with van der Waals surface area (Å²) in [5.74, 6) is -3.08. The van der Waals surface area contributed by atoms with Crippen LogP contribution < -0.4 is 5.56 Å². The Kier molecular flexibility index (Phi) is 5.62. The van der Waals surface area contributed by atoms with Gasteiger partial charge in [-0.3, -0.25) is 14.6 Å². The number of carbonyl (C=O) groups excluding carboxylic acids is 1. The Morgan fingerprint density at radius 3 is 2.62 bits per heavy atom. The van der Waals surface area contributed by atoms with Crippen LogP contribution in [0.5, 0.6) is 5.75 Å². The maximum atomic E-state index is 13.9. The lowest BCUT2D eigenvalue weighted by atomic mass is 9.99. The maximum Gasteiger partial charge on any atom is 0.345 e. The summed E-state index contributed by atoms with van der Waals surface area (Å²) in [4.78, 5) is 42.4. The Morgan fingerprint density at radius 2 is 1.94 bits per heavy atom. The number of nitrogens with zero attached hydrogens (tertiary/aromatic N) is 3. The fraction of sp³-hybridized carbons (Fsp3) is 0.273. The van der Waals surface area contributed by atoms with Gasteiger partial charge in [0.15, 0.2) is 11.3 Å². The summed E-state index contributed by atoms with van der Waals surface area (Å²) >= 11 is 0. The average molecular weight is 441 g/mol. The first-order valence-electron chi connectivity index (χ1n) is 9.87. The molecule has 0 unspecified atom stereocenters. The molecule has 0 radical (unpaired) electrons. The molecule has 0 bridgehead atoms. The summed E-state index contributed by atoms with van der Waals surface area (Å²) in [7, 11) is 1.38. The second kappa shape index (κ2) is 8.39. The van der Waals surface area contributed by atoms with Crippen molar-refractivity contribution < 1.29 is 28.9 Å². The van der Waals surface area contributed by atoms with Crippen molar-refractivity contribution in [3.63, 3.8) is 0 Å². The molecule has 1 amide bonds. The van der Waals surface area contributed by atoms with Gasteiger partial charge in [-0.25, -0.2) is 9.18 Å². The molecule has 1 aliphatic rings. The fourth-order valence-electron chi connectivity index (χ4n) is 3.78. The zero-order chi connectivity index (χ0) is 23.0. The number of fused-ring (bicyclic) bond motifs is 1. The van der Waals surface area contributed by atoms with Crippen LogP contribution in [0.15, 0.2) is 35.3 Å². The van der Waals surface area contributed by atoms with Gasteiger partial charge in [0, 0.05) is 31.9 Å². The van der Waals surface area contributed by atoms with E-state index in [2.05, 4.69) is 4.98 Å². The highest BCUT2D eigenvalue weighted by atomic mass is 19.1. The molecule has 2 aromatic heterocycles. The van der Waals surface area contributed by atoms with Gasteiger partial charge in [-0.1, -0.05) is 6.07 Å². The summed E-state index contributed by atoms with van der Waals surface area (Å²) in [6.07, 6.45) is 1.63. The average Bonchev–Trinajstić information content (AvgIpc) is 2.78. The lowest BCUT2D eigenvalue weighted by molar-refractivity contribution is 0.0302. The largest absolute Gasteiger partial charge is 0.505 e. The summed E-state index contributed by atoms with van der Waals surface area (Å²) in [5, 5.41) is 19.5. The van der Waals surface area contributed by atoms with Gasteiger partial charge in [0.25, 0.3) is 11.5 Å². The van der Waals surface area contributed by atoms with E-state index in [1.54, 1.807) is 11.0 Å². The number of hydrogen-bond acceptors (Lipinski definition) is 6. The van der Waals surface area contributed by atoms with Gasteiger partial charge in [-0.05, 0) is 35.7 Å². The van der Waals surface area contributed by atoms with Crippen molar-refractivity contribution in [1.29, 1.82) is 0 Å². The van der Waals surface area contributed by atoms with E-state index < -0.39 is 28.7 Å². The van der Waals surface area contributed by atoms with E-state index in [9.17, 15) is 29.0 Å². The molecule has 10 heteroatoms. The van der Waals surface area contributed by atoms with Gasteiger partial charge < -0.3 is 24.4 Å². The van der Waals surface area contributed by atoms with Crippen molar-refractivity contribution in [2.45, 2.75) is 6.42 Å². The van der Waals surface area contributed by atoms with Crippen molar-refractivity contribution >= 4 is 22.9 Å². The Labute approximate surface area is 181 Å². The number of aromatic carboxylic acids is 1. The van der Waals surface area contributed by atoms with Crippen LogP contribution >= 0.6 is 0 Å². The van der Waals surface area contributed by atoms with Crippen molar-refractivity contribution in [1.82, 2.24) is 14.5 Å². The lowest BCUT2D eigenvalue weighted by Gasteiger charge is -2.27. The third-order valence-electron chi connectivity index (χ3n) is 5.47. The molecular formula is C22H20FN3O6. The quantitative estimate of drug-likeness (QED) is 0.630. The fourth-order valence-corrected chi connectivity index (χ4v) is 3.78. The number of hydrogen-bond donors (Lipinski definition) is 2. The Morgan fingerprint density at radius 1 is 1.22 bits per heavy atom. The lowest BCUT2D eigenvalue weighted by Crippen LogP contribution is -2.41. The van der Waals surface area contributed by atoms with Gasteiger partial charge in [0.2, 0.25) is 0 Å². The number of ether oxygens (including phenoxy) is 1. The minimum Gasteiger partial charge on any atom is -0.505 e. The van der Waals surface area contributed by atoms with E-state index in [0.29, 0.717) is 37.4 Å². The normalized spacial score (nSPS) is 14.0. The molecule has 2 N–H and O–H groups in total. The summed E-state index contributed by atoms with van der Waals surface area (Å²) in [6.45, 7) is 1.67. The van der Waals surface area contributed by atoms with Crippen molar-refractivity contribution in [3.05, 3.63) is 68.9 Å². The number of aromatic nitrogens is 2. The monoisotopic (exact) mass is 441 g/mol. The van der Waals surface area contributed by atoms with Crippen LogP contribution in [-0.4, -0.2) is 62.8 Å². The maximum absolute atomic E-state index is 13.9. The van der Waals surface area contributed by atoms with Crippen LogP contribution in [0.25, 0.3) is 11.0 Å². The highest BCUT2D eigenvalue weighted by Gasteiger charge is 2.23. The molecule has 9 nitrogen and oxygen atoms in total. The highest BCUT2D eigenvalue weighted by molar-refractivity contribution is 5.97. The first-order chi connectivity index (χ1) is 15.3. The first-order valence-corrected chi connectivity index (χ1v) is 9.87. The van der Waals surface area contributed by atoms with E-state index in [1.807, 2.05) is 0 Å². The molecule has 4 rings (SSSR count). The number of benzene rings is 1. The second-order valence-corrected chi connectivity index (χ2v) is 7.49. The molecule has 1 aliphatic heterocycles. The number of pyridine rings is 2. The smallest absolute Gasteiger partial charge is 0.345 e. The molecule has 0 spiro atoms. The van der Waals surface area contributed by atoms with E-state index in [1.165, 1.54) is 31.4 Å². The number of aromatic hydroxyl groups is 1. The SMILES string of the molecule is Cn1c(=O)c(C(=O)O)c(O)c2ncc(Cc3ccc(F)cc3C(=O)N3CCOCC3)cc21. The van der Waals surface area contributed by atoms with Crippen LogP contribution in [0, 0.1) is 5.82 Å². The van der Waals surface area contributed by atoms with Gasteiger partial charge in [-0.15, -0.1) is 0 Å². The molecule has 3 heterocycles. The van der Waals surface area contributed by atoms with E-state index in [0.717, 1.165) is 4.57 Å². The molecule has 3 aromatic rings. The highest BCUT2D eigenvalue weighted by Crippen LogP contribution is 2.26. The molecule has 0 saturated carbocycles. The molecule has 166 valence electrons. The van der Waals surface area contributed by atoms with Crippen LogP contribution in [0.4, 0.5) is 4.39 Å². The Hall–Kier alpha value is -3.79. The molecule has 0 aliphatic carbocycles. The van der Waals surface area contributed by atoms with Crippen molar-refractivity contribution in [3.8, 4) is 5.75 Å². The van der Waals surface area contributed by atoms with E-state index >= 15 is 0 Å². The zero-order valence-corrected chi connectivity index (χ0v) is 17.2. The third kappa shape index (κ3) is 3.80. The van der Waals surface area contributed by atoms with Gasteiger partial charge >= 0.3 is 5.97 Å². The summed E-state index contributed by atoms with van der Waals surface area (Å²) < 4.78 is 20.3. The van der Waals surface area contributed by atoms with Crippen LogP contribution in [0.1, 0.15) is 31.8 Å². The number of carboxylic acids is 1. The summed E-state index contributed by atoms with van der Waals surface area (Å²) in [5.41, 5.74) is -0.0262. The predicted molar refractivity (Wildman–Crippen MR) is 112 cm³/mol. The number of carboxylic acid groups (broad SMARTS) is 1. The minimum atomic E-state index is -1.55. The predicted octanol–water partition coefficient (Wildman–Crippen LogP) is 1.54. The van der Waals surface area contributed by atoms with Crippen molar-refractivity contribution in [2.24, 2.45) is 7.05 Å². The zero-order valence-electron chi connectivity index (χ0n) is 17.2. The van der Waals surface area contributed by atoms with Gasteiger partial charge in [0.1, 0.15) is 11.3 Å². The molecule has 1 aromatic carbocycles. The number of amides is 1. The molecule has 0 atom stereocenters. The van der Waals surface area contributed by atoms with E-state index in [-0.39, 0.29) is 28.9 Å². The third-order valence-corrected chi connectivity index (χ3v) is 5.47. The number of morpholine rings is 1. The molecule has 32 heavy (non-hydrogen) atoms. The topological polar surface area (TPSA) is 122 Å². The van der Waals surface area contributed by atoms with Gasteiger partial charge in [-0.2, -0.15) is 0 Å². The minimum absolute atomic E-state index is 0.0306. The number of halogens is 1. The molecular weight excluding hydrogens is 421 g/mol. The van der Waals surface area contributed by atoms with Crippen molar-refractivity contribution in [2.75, 3.05) is 26.3 Å². The summed E-state index contributed by atoms with van der Waals surface area (Å²) in [6, 6.07) is 5.57. The number of carbonyl (C=O) groups is 2. The molecule has 1 fully saturated rings. The number of rotatable bonds is 4. The van der Waals surface area contributed by atoms with Gasteiger partial charge in [0.05, 0.1) is 18.7 Å². The standard InChI is InChI=1S/C22H20FN3O6/c1-25-16-9-12(11-24-18(16)19(27)17(21(25)29)22(30)31)8-13-2-3-14(23)10-15(13)20(28)26-4-6-32-7-5-26/h2-3,9-11,27H,4-8H2,1H3,(H,30,31). The van der Waals surface area contributed by atoms with E-state index in [4.69, 9.17) is 4.74 Å². The van der Waals surface area contributed by atoms with Crippen LogP contribution in [0.2, 0.25) is 0 Å². The molecule has 1 saturated heterocycles. The van der Waals surface area contributed by atoms with Crippen LogP contribution in [0.3, 0.4) is 0 Å². The Balaban J connectivity index is 1.75.